The SMILES string of the molecule is CCS(=O)C1CCCC(F)C1. The molecule has 3 unspecified atom stereocenters. The van der Waals surface area contributed by atoms with Crippen LogP contribution in [-0.2, 0) is 10.8 Å². The van der Waals surface area contributed by atoms with E-state index in [-0.39, 0.29) is 5.25 Å². The molecule has 0 spiro atoms. The summed E-state index contributed by atoms with van der Waals surface area (Å²) in [5.41, 5.74) is 0. The highest BCUT2D eigenvalue weighted by molar-refractivity contribution is 7.85. The van der Waals surface area contributed by atoms with Gasteiger partial charge in [-0.15, -0.1) is 0 Å². The Bertz CT molecular complexity index is 149. The highest BCUT2D eigenvalue weighted by Crippen LogP contribution is 2.24. The van der Waals surface area contributed by atoms with Crippen LogP contribution in [0.1, 0.15) is 32.6 Å². The van der Waals surface area contributed by atoms with Crippen molar-refractivity contribution < 1.29 is 8.60 Å². The molecule has 1 rings (SSSR count). The van der Waals surface area contributed by atoms with Gasteiger partial charge in [0.2, 0.25) is 0 Å². The molecule has 0 aromatic carbocycles. The zero-order valence-electron chi connectivity index (χ0n) is 6.88. The molecule has 0 bridgehead atoms. The van der Waals surface area contributed by atoms with E-state index in [1.165, 1.54) is 0 Å². The molecule has 66 valence electrons. The Morgan fingerprint density at radius 1 is 1.55 bits per heavy atom. The topological polar surface area (TPSA) is 17.1 Å². The summed E-state index contributed by atoms with van der Waals surface area (Å²) in [4.78, 5) is 0. The van der Waals surface area contributed by atoms with Crippen molar-refractivity contribution in [1.29, 1.82) is 0 Å². The van der Waals surface area contributed by atoms with Gasteiger partial charge in [0.05, 0.1) is 0 Å². The summed E-state index contributed by atoms with van der Waals surface area (Å²) in [6.45, 7) is 1.90. The Balaban J connectivity index is 2.39. The summed E-state index contributed by atoms with van der Waals surface area (Å²) < 4.78 is 24.1. The van der Waals surface area contributed by atoms with E-state index in [4.69, 9.17) is 0 Å². The minimum absolute atomic E-state index is 0.142. The van der Waals surface area contributed by atoms with Crippen LogP contribution in [0.4, 0.5) is 4.39 Å². The van der Waals surface area contributed by atoms with Crippen molar-refractivity contribution in [2.24, 2.45) is 0 Å². The van der Waals surface area contributed by atoms with E-state index in [1.807, 2.05) is 6.92 Å². The lowest BCUT2D eigenvalue weighted by Crippen LogP contribution is -2.25. The molecule has 3 atom stereocenters. The lowest BCUT2D eigenvalue weighted by atomic mass is 9.98. The molecule has 0 heterocycles. The number of rotatable bonds is 2. The van der Waals surface area contributed by atoms with Crippen LogP contribution in [0.2, 0.25) is 0 Å². The summed E-state index contributed by atoms with van der Waals surface area (Å²) in [5.74, 6) is 0.678. The Morgan fingerprint density at radius 2 is 2.27 bits per heavy atom. The molecule has 0 aliphatic heterocycles. The number of halogens is 1. The third kappa shape index (κ3) is 2.55. The van der Waals surface area contributed by atoms with Crippen molar-refractivity contribution in [1.82, 2.24) is 0 Å². The van der Waals surface area contributed by atoms with Gasteiger partial charge in [0, 0.05) is 21.8 Å². The minimum atomic E-state index is -0.774. The zero-order chi connectivity index (χ0) is 8.27. The molecular formula is C8H15FOS. The molecule has 1 aliphatic rings. The minimum Gasteiger partial charge on any atom is -0.259 e. The van der Waals surface area contributed by atoms with Crippen molar-refractivity contribution in [3.8, 4) is 0 Å². The maximum Gasteiger partial charge on any atom is 0.101 e. The van der Waals surface area contributed by atoms with Gasteiger partial charge in [-0.05, 0) is 25.7 Å². The Hall–Kier alpha value is 0.0800. The summed E-state index contributed by atoms with van der Waals surface area (Å²) in [5, 5.41) is 0.142. The summed E-state index contributed by atoms with van der Waals surface area (Å²) in [6.07, 6.45) is 2.39. The summed E-state index contributed by atoms with van der Waals surface area (Å²) >= 11 is 0. The zero-order valence-corrected chi connectivity index (χ0v) is 7.70. The van der Waals surface area contributed by atoms with E-state index in [0.717, 1.165) is 12.8 Å². The van der Waals surface area contributed by atoms with E-state index < -0.39 is 17.0 Å². The summed E-state index contributed by atoms with van der Waals surface area (Å²) in [6, 6.07) is 0. The molecular weight excluding hydrogens is 163 g/mol. The molecule has 3 heteroatoms. The van der Waals surface area contributed by atoms with Gasteiger partial charge >= 0.3 is 0 Å². The molecule has 0 aromatic rings. The maximum absolute atomic E-state index is 12.8. The van der Waals surface area contributed by atoms with Gasteiger partial charge in [0.25, 0.3) is 0 Å². The fourth-order valence-electron chi connectivity index (χ4n) is 1.56. The van der Waals surface area contributed by atoms with Crippen LogP contribution in [0.15, 0.2) is 0 Å². The van der Waals surface area contributed by atoms with Gasteiger partial charge in [0.15, 0.2) is 0 Å². The van der Waals surface area contributed by atoms with Crippen LogP contribution in [-0.4, -0.2) is 21.4 Å². The molecule has 0 aromatic heterocycles. The highest BCUT2D eigenvalue weighted by atomic mass is 32.2. The third-order valence-electron chi connectivity index (χ3n) is 2.22. The van der Waals surface area contributed by atoms with E-state index >= 15 is 0 Å². The average molecular weight is 178 g/mol. The first kappa shape index (κ1) is 9.17. The molecule has 1 aliphatic carbocycles. The standard InChI is InChI=1S/C8H15FOS/c1-2-11(10)8-5-3-4-7(9)6-8/h7-8H,2-6H2,1H3. The van der Waals surface area contributed by atoms with Gasteiger partial charge in [-0.1, -0.05) is 6.92 Å². The maximum atomic E-state index is 12.8. The van der Waals surface area contributed by atoms with Crippen LogP contribution in [0, 0.1) is 0 Å². The van der Waals surface area contributed by atoms with Crippen LogP contribution in [0.3, 0.4) is 0 Å². The fraction of sp³-hybridized carbons (Fsp3) is 1.00. The van der Waals surface area contributed by atoms with Crippen molar-refractivity contribution in [2.75, 3.05) is 5.75 Å². The van der Waals surface area contributed by atoms with Gasteiger partial charge in [0.1, 0.15) is 6.17 Å². The molecule has 0 N–H and O–H groups in total. The molecule has 11 heavy (non-hydrogen) atoms. The van der Waals surface area contributed by atoms with E-state index in [0.29, 0.717) is 18.6 Å². The second kappa shape index (κ2) is 4.19. The Morgan fingerprint density at radius 3 is 2.82 bits per heavy atom. The number of hydrogen-bond donors (Lipinski definition) is 0. The van der Waals surface area contributed by atoms with Crippen molar-refractivity contribution in [3.05, 3.63) is 0 Å². The quantitative estimate of drug-likeness (QED) is 0.632. The monoisotopic (exact) mass is 178 g/mol. The largest absolute Gasteiger partial charge is 0.259 e. The second-order valence-corrected chi connectivity index (χ2v) is 5.06. The predicted octanol–water partition coefficient (Wildman–Crippen LogP) is 2.04. The number of alkyl halides is 1. The van der Waals surface area contributed by atoms with Crippen molar-refractivity contribution >= 4 is 10.8 Å². The smallest absolute Gasteiger partial charge is 0.101 e. The van der Waals surface area contributed by atoms with Gasteiger partial charge in [-0.2, -0.15) is 0 Å². The summed E-state index contributed by atoms with van der Waals surface area (Å²) in [7, 11) is -0.774. The first-order chi connectivity index (χ1) is 5.24. The Kier molecular flexibility index (Phi) is 3.49. The van der Waals surface area contributed by atoms with Crippen molar-refractivity contribution in [2.45, 2.75) is 44.0 Å². The lowest BCUT2D eigenvalue weighted by Gasteiger charge is -2.23. The fourth-order valence-corrected chi connectivity index (χ4v) is 2.89. The Labute approximate surface area is 69.8 Å². The predicted molar refractivity (Wildman–Crippen MR) is 45.8 cm³/mol. The molecule has 0 radical (unpaired) electrons. The molecule has 0 amide bonds. The molecule has 0 saturated heterocycles. The van der Waals surface area contributed by atoms with Crippen LogP contribution in [0.5, 0.6) is 0 Å². The van der Waals surface area contributed by atoms with Gasteiger partial charge in [-0.25, -0.2) is 4.39 Å². The van der Waals surface area contributed by atoms with E-state index in [2.05, 4.69) is 0 Å². The second-order valence-electron chi connectivity index (χ2n) is 3.06. The average Bonchev–Trinajstić information content (AvgIpc) is 2.03. The van der Waals surface area contributed by atoms with E-state index in [1.54, 1.807) is 0 Å². The van der Waals surface area contributed by atoms with Crippen LogP contribution in [0.25, 0.3) is 0 Å². The van der Waals surface area contributed by atoms with Crippen molar-refractivity contribution in [3.63, 3.8) is 0 Å². The first-order valence-electron chi connectivity index (χ1n) is 4.25. The first-order valence-corrected chi connectivity index (χ1v) is 5.63. The molecule has 1 saturated carbocycles. The van der Waals surface area contributed by atoms with Crippen LogP contribution < -0.4 is 0 Å². The lowest BCUT2D eigenvalue weighted by molar-refractivity contribution is 0.254. The normalized spacial score (nSPS) is 35.1. The molecule has 1 nitrogen and oxygen atoms in total. The van der Waals surface area contributed by atoms with Gasteiger partial charge < -0.3 is 0 Å². The van der Waals surface area contributed by atoms with E-state index in [9.17, 15) is 8.60 Å². The highest BCUT2D eigenvalue weighted by Gasteiger charge is 2.24. The van der Waals surface area contributed by atoms with Crippen LogP contribution >= 0.6 is 0 Å². The molecule has 1 fully saturated rings. The number of hydrogen-bond acceptors (Lipinski definition) is 1. The third-order valence-corrected chi connectivity index (χ3v) is 3.96. The van der Waals surface area contributed by atoms with Gasteiger partial charge in [-0.3, -0.25) is 4.21 Å².